The van der Waals surface area contributed by atoms with E-state index in [2.05, 4.69) is 223 Å². The number of nitrogens with zero attached hydrogens (tertiary/aromatic N) is 2. The van der Waals surface area contributed by atoms with Crippen LogP contribution in [0.2, 0.25) is 0 Å². The van der Waals surface area contributed by atoms with Crippen LogP contribution in [0.25, 0.3) is 71.7 Å². The molecule has 59 heavy (non-hydrogen) atoms. The van der Waals surface area contributed by atoms with Gasteiger partial charge in [0.1, 0.15) is 5.58 Å². The van der Waals surface area contributed by atoms with Crippen LogP contribution in [0.4, 0.5) is 17.1 Å². The molecule has 11 aromatic rings. The van der Waals surface area contributed by atoms with Gasteiger partial charge in [-0.15, -0.1) is 0 Å². The van der Waals surface area contributed by atoms with Gasteiger partial charge in [0.2, 0.25) is 0 Å². The molecule has 12 rings (SSSR count). The summed E-state index contributed by atoms with van der Waals surface area (Å²) in [5.74, 6) is 0. The van der Waals surface area contributed by atoms with Gasteiger partial charge in [-0.25, -0.2) is 0 Å². The number of hydrogen-bond acceptors (Lipinski definition) is 2. The standard InChI is InChI=1S/C56H38N2O/c1-56(47-23-9-5-18-41(47)42-19-6-10-24-48(42)56)49-25-11-13-27-52(49)58(53-28-15-22-45-44-21-8-14-29-54(44)59-55(45)53)40-33-30-37(31-34-40)38-32-35-51-46(36-38)43-20-7-12-26-50(43)57(51)39-16-3-2-4-17-39/h2-36H,1H3. The van der Waals surface area contributed by atoms with E-state index in [1.165, 1.54) is 55.2 Å². The fourth-order valence-corrected chi connectivity index (χ4v) is 9.96. The molecule has 1 aliphatic rings. The van der Waals surface area contributed by atoms with Crippen LogP contribution in [-0.4, -0.2) is 4.57 Å². The van der Waals surface area contributed by atoms with Crippen molar-refractivity contribution in [3.63, 3.8) is 0 Å². The fraction of sp³-hybridized carbons (Fsp3) is 0.0357. The molecule has 0 N–H and O–H groups in total. The fourth-order valence-electron chi connectivity index (χ4n) is 9.96. The maximum absolute atomic E-state index is 6.77. The quantitative estimate of drug-likeness (QED) is 0.169. The van der Waals surface area contributed by atoms with Crippen LogP contribution in [0.5, 0.6) is 0 Å². The van der Waals surface area contributed by atoms with Crippen molar-refractivity contribution in [2.75, 3.05) is 4.90 Å². The van der Waals surface area contributed by atoms with Crippen molar-refractivity contribution in [3.8, 4) is 27.9 Å². The molecule has 0 unspecified atom stereocenters. The van der Waals surface area contributed by atoms with Gasteiger partial charge >= 0.3 is 0 Å². The van der Waals surface area contributed by atoms with Crippen molar-refractivity contribution in [1.82, 2.24) is 4.57 Å². The average Bonchev–Trinajstić information content (AvgIpc) is 3.94. The molecule has 2 aromatic heterocycles. The van der Waals surface area contributed by atoms with Crippen LogP contribution in [0.1, 0.15) is 23.6 Å². The number of rotatable bonds is 6. The van der Waals surface area contributed by atoms with Crippen LogP contribution in [-0.2, 0) is 5.41 Å². The summed E-state index contributed by atoms with van der Waals surface area (Å²) in [6, 6.07) is 76.9. The number of fused-ring (bicyclic) bond motifs is 9. The van der Waals surface area contributed by atoms with Crippen LogP contribution >= 0.6 is 0 Å². The zero-order valence-electron chi connectivity index (χ0n) is 32.5. The number of hydrogen-bond donors (Lipinski definition) is 0. The molecule has 0 saturated heterocycles. The highest BCUT2D eigenvalue weighted by atomic mass is 16.3. The molecular weight excluding hydrogens is 717 g/mol. The molecule has 3 nitrogen and oxygen atoms in total. The molecular formula is C56H38N2O. The average molecular weight is 755 g/mol. The largest absolute Gasteiger partial charge is 0.454 e. The molecule has 278 valence electrons. The summed E-state index contributed by atoms with van der Waals surface area (Å²) in [5, 5.41) is 4.70. The lowest BCUT2D eigenvalue weighted by atomic mass is 9.73. The maximum Gasteiger partial charge on any atom is 0.159 e. The summed E-state index contributed by atoms with van der Waals surface area (Å²) in [4.78, 5) is 2.41. The zero-order valence-corrected chi connectivity index (χ0v) is 32.5. The van der Waals surface area contributed by atoms with Gasteiger partial charge in [-0.2, -0.15) is 0 Å². The Morgan fingerprint density at radius 1 is 0.424 bits per heavy atom. The highest BCUT2D eigenvalue weighted by molar-refractivity contribution is 6.12. The first kappa shape index (κ1) is 33.5. The SMILES string of the molecule is CC1(c2ccccc2N(c2ccc(-c3ccc4c(c3)c3ccccc3n4-c3ccccc3)cc2)c2cccc3c2oc2ccccc23)c2ccccc2-c2ccccc21. The Hall–Kier alpha value is -7.62. The van der Waals surface area contributed by atoms with E-state index in [-0.39, 0.29) is 0 Å². The molecule has 0 amide bonds. The van der Waals surface area contributed by atoms with Gasteiger partial charge in [0.25, 0.3) is 0 Å². The molecule has 0 spiro atoms. The number of aromatic nitrogens is 1. The van der Waals surface area contributed by atoms with E-state index >= 15 is 0 Å². The van der Waals surface area contributed by atoms with Crippen LogP contribution in [0.15, 0.2) is 217 Å². The first-order chi connectivity index (χ1) is 29.2. The molecule has 0 aliphatic heterocycles. The molecule has 9 aromatic carbocycles. The number of benzene rings is 9. The molecule has 0 radical (unpaired) electrons. The number of para-hydroxylation sites is 5. The van der Waals surface area contributed by atoms with Gasteiger partial charge in [0.15, 0.2) is 5.58 Å². The molecule has 2 heterocycles. The van der Waals surface area contributed by atoms with E-state index < -0.39 is 5.41 Å². The lowest BCUT2D eigenvalue weighted by molar-refractivity contribution is 0.668. The number of furan rings is 1. The van der Waals surface area contributed by atoms with Crippen molar-refractivity contribution >= 4 is 60.8 Å². The van der Waals surface area contributed by atoms with Gasteiger partial charge in [-0.1, -0.05) is 152 Å². The summed E-state index contributed by atoms with van der Waals surface area (Å²) >= 11 is 0. The molecule has 0 atom stereocenters. The predicted molar refractivity (Wildman–Crippen MR) is 246 cm³/mol. The van der Waals surface area contributed by atoms with Gasteiger partial charge in [0.05, 0.1) is 22.4 Å². The van der Waals surface area contributed by atoms with E-state index in [1.54, 1.807) is 0 Å². The Labute approximate surface area is 342 Å². The van der Waals surface area contributed by atoms with Crippen molar-refractivity contribution in [3.05, 3.63) is 229 Å². The zero-order chi connectivity index (χ0) is 39.1. The third-order valence-corrected chi connectivity index (χ3v) is 12.7. The minimum atomic E-state index is -0.405. The van der Waals surface area contributed by atoms with Crippen LogP contribution in [0.3, 0.4) is 0 Å². The summed E-state index contributed by atoms with van der Waals surface area (Å²) < 4.78 is 9.14. The third-order valence-electron chi connectivity index (χ3n) is 12.7. The normalized spacial score (nSPS) is 13.0. The van der Waals surface area contributed by atoms with Crippen LogP contribution < -0.4 is 4.90 Å². The first-order valence-corrected chi connectivity index (χ1v) is 20.4. The Balaban J connectivity index is 1.05. The van der Waals surface area contributed by atoms with Gasteiger partial charge in [0, 0.05) is 38.3 Å². The van der Waals surface area contributed by atoms with Crippen molar-refractivity contribution in [2.24, 2.45) is 0 Å². The smallest absolute Gasteiger partial charge is 0.159 e. The van der Waals surface area contributed by atoms with Gasteiger partial charge in [-0.05, 0) is 107 Å². The second-order valence-electron chi connectivity index (χ2n) is 15.8. The molecule has 1 aliphatic carbocycles. The molecule has 0 fully saturated rings. The van der Waals surface area contributed by atoms with E-state index in [4.69, 9.17) is 4.42 Å². The summed E-state index contributed by atoms with van der Waals surface area (Å²) in [5.41, 5.74) is 16.9. The Morgan fingerprint density at radius 3 is 1.78 bits per heavy atom. The lowest BCUT2D eigenvalue weighted by Gasteiger charge is -2.35. The maximum atomic E-state index is 6.77. The van der Waals surface area contributed by atoms with Crippen molar-refractivity contribution < 1.29 is 4.42 Å². The third kappa shape index (κ3) is 4.95. The Morgan fingerprint density at radius 2 is 1.00 bits per heavy atom. The summed E-state index contributed by atoms with van der Waals surface area (Å²) in [6.07, 6.45) is 0. The molecule has 0 saturated carbocycles. The lowest BCUT2D eigenvalue weighted by Crippen LogP contribution is -2.25. The molecule has 0 bridgehead atoms. The van der Waals surface area contributed by atoms with Crippen molar-refractivity contribution in [2.45, 2.75) is 12.3 Å². The highest BCUT2D eigenvalue weighted by Crippen LogP contribution is 2.56. The van der Waals surface area contributed by atoms with Crippen LogP contribution in [0, 0.1) is 0 Å². The Bertz CT molecular complexity index is 3360. The van der Waals surface area contributed by atoms with E-state index in [1.807, 2.05) is 6.07 Å². The summed E-state index contributed by atoms with van der Waals surface area (Å²) in [6.45, 7) is 2.39. The first-order valence-electron chi connectivity index (χ1n) is 20.4. The van der Waals surface area contributed by atoms with Crippen molar-refractivity contribution in [1.29, 1.82) is 0 Å². The predicted octanol–water partition coefficient (Wildman–Crippen LogP) is 15.2. The Kier molecular flexibility index (Phi) is 7.36. The van der Waals surface area contributed by atoms with E-state index in [0.717, 1.165) is 50.3 Å². The molecule has 3 heteroatoms. The second kappa shape index (κ2) is 13.0. The number of anilines is 3. The van der Waals surface area contributed by atoms with Gasteiger partial charge in [-0.3, -0.25) is 0 Å². The van der Waals surface area contributed by atoms with Gasteiger partial charge < -0.3 is 13.9 Å². The summed E-state index contributed by atoms with van der Waals surface area (Å²) in [7, 11) is 0. The second-order valence-corrected chi connectivity index (χ2v) is 15.8. The minimum Gasteiger partial charge on any atom is -0.454 e. The topological polar surface area (TPSA) is 21.3 Å². The van der Waals surface area contributed by atoms with E-state index in [0.29, 0.717) is 0 Å². The van der Waals surface area contributed by atoms with E-state index in [9.17, 15) is 0 Å². The highest BCUT2D eigenvalue weighted by Gasteiger charge is 2.42. The monoisotopic (exact) mass is 754 g/mol. The minimum absolute atomic E-state index is 0.405.